The summed E-state index contributed by atoms with van der Waals surface area (Å²) in [6.45, 7) is 5.19. The number of hydrogen-bond acceptors (Lipinski definition) is 2. The van der Waals surface area contributed by atoms with Gasteiger partial charge in [0.1, 0.15) is 0 Å². The minimum absolute atomic E-state index is 0.990. The monoisotopic (exact) mass is 307 g/mol. The molecule has 0 atom stereocenters. The van der Waals surface area contributed by atoms with Gasteiger partial charge in [-0.05, 0) is 25.6 Å². The van der Waals surface area contributed by atoms with Crippen molar-refractivity contribution in [1.29, 1.82) is 0 Å². The van der Waals surface area contributed by atoms with E-state index < -0.39 is 0 Å². The van der Waals surface area contributed by atoms with E-state index in [1.807, 2.05) is 18.6 Å². The molecule has 96 valence electrons. The Balaban J connectivity index is 2.10. The molecular formula is C14H18BrN3. The molecule has 0 aliphatic carbocycles. The zero-order valence-corrected chi connectivity index (χ0v) is 12.2. The first-order chi connectivity index (χ1) is 8.83. The molecule has 0 fully saturated rings. The fourth-order valence-corrected chi connectivity index (χ4v) is 2.43. The van der Waals surface area contributed by atoms with Crippen LogP contribution in [0.4, 0.5) is 0 Å². The zero-order chi connectivity index (χ0) is 12.8. The van der Waals surface area contributed by atoms with Gasteiger partial charge in [-0.1, -0.05) is 41.1 Å². The first kappa shape index (κ1) is 13.3. The molecule has 0 aliphatic heterocycles. The molecule has 0 aliphatic rings. The van der Waals surface area contributed by atoms with Crippen LogP contribution < -0.4 is 5.32 Å². The quantitative estimate of drug-likeness (QED) is 0.830. The summed E-state index contributed by atoms with van der Waals surface area (Å²) in [6.07, 6.45) is 4.94. The summed E-state index contributed by atoms with van der Waals surface area (Å²) in [7, 11) is 0. The second-order valence-corrected chi connectivity index (χ2v) is 5.01. The van der Waals surface area contributed by atoms with Gasteiger partial charge in [-0.25, -0.2) is 4.98 Å². The maximum Gasteiger partial charge on any atom is 0.0950 e. The fourth-order valence-electron chi connectivity index (χ4n) is 1.94. The molecule has 1 aromatic heterocycles. The van der Waals surface area contributed by atoms with Crippen LogP contribution in [0.25, 0.3) is 11.3 Å². The number of imidazole rings is 1. The summed E-state index contributed by atoms with van der Waals surface area (Å²) in [5.41, 5.74) is 2.36. The Morgan fingerprint density at radius 1 is 1.33 bits per heavy atom. The normalized spacial score (nSPS) is 10.8. The minimum atomic E-state index is 0.990. The molecule has 0 radical (unpaired) electrons. The highest BCUT2D eigenvalue weighted by Crippen LogP contribution is 2.27. The van der Waals surface area contributed by atoms with E-state index in [1.165, 1.54) is 11.3 Å². The Labute approximate surface area is 116 Å². The number of aromatic nitrogens is 2. The van der Waals surface area contributed by atoms with Crippen LogP contribution in [0, 0.1) is 0 Å². The number of benzene rings is 1. The molecule has 0 saturated carbocycles. The number of aryl methyl sites for hydroxylation is 1. The third kappa shape index (κ3) is 3.21. The fraction of sp³-hybridized carbons (Fsp3) is 0.357. The van der Waals surface area contributed by atoms with Crippen LogP contribution in [-0.4, -0.2) is 22.6 Å². The van der Waals surface area contributed by atoms with Crippen LogP contribution in [-0.2, 0) is 6.54 Å². The highest BCUT2D eigenvalue weighted by atomic mass is 79.9. The van der Waals surface area contributed by atoms with E-state index in [9.17, 15) is 0 Å². The van der Waals surface area contributed by atoms with E-state index >= 15 is 0 Å². The van der Waals surface area contributed by atoms with Crippen molar-refractivity contribution in [3.8, 4) is 11.3 Å². The van der Waals surface area contributed by atoms with Gasteiger partial charge in [0, 0.05) is 16.6 Å². The molecular weight excluding hydrogens is 290 g/mol. The second-order valence-electron chi connectivity index (χ2n) is 4.16. The van der Waals surface area contributed by atoms with Crippen LogP contribution in [0.5, 0.6) is 0 Å². The van der Waals surface area contributed by atoms with Gasteiger partial charge in [-0.2, -0.15) is 0 Å². The number of nitrogens with one attached hydrogen (secondary N) is 1. The third-order valence-electron chi connectivity index (χ3n) is 2.86. The van der Waals surface area contributed by atoms with E-state index in [0.29, 0.717) is 0 Å². The maximum absolute atomic E-state index is 4.26. The Morgan fingerprint density at radius 3 is 2.94 bits per heavy atom. The molecule has 1 aromatic carbocycles. The lowest BCUT2D eigenvalue weighted by Gasteiger charge is -2.09. The standard InChI is InChI=1S/C14H18BrN3/c1-2-16-8-5-9-18-11-17-10-14(18)12-6-3-4-7-13(12)15/h3-4,6-7,10-11,16H,2,5,8-9H2,1H3. The molecule has 3 nitrogen and oxygen atoms in total. The lowest BCUT2D eigenvalue weighted by atomic mass is 10.1. The van der Waals surface area contributed by atoms with Gasteiger partial charge in [0.15, 0.2) is 0 Å². The number of halogens is 1. The molecule has 1 heterocycles. The first-order valence-electron chi connectivity index (χ1n) is 6.28. The van der Waals surface area contributed by atoms with E-state index in [2.05, 4.69) is 55.9 Å². The first-order valence-corrected chi connectivity index (χ1v) is 7.08. The van der Waals surface area contributed by atoms with Crippen molar-refractivity contribution < 1.29 is 0 Å². The summed E-state index contributed by atoms with van der Waals surface area (Å²) in [5, 5.41) is 3.34. The predicted molar refractivity (Wildman–Crippen MR) is 78.5 cm³/mol. The van der Waals surface area contributed by atoms with Crippen LogP contribution >= 0.6 is 15.9 Å². The highest BCUT2D eigenvalue weighted by molar-refractivity contribution is 9.10. The average Bonchev–Trinajstić information content (AvgIpc) is 2.83. The molecule has 1 N–H and O–H groups in total. The van der Waals surface area contributed by atoms with Crippen molar-refractivity contribution in [2.24, 2.45) is 0 Å². The summed E-state index contributed by atoms with van der Waals surface area (Å²) in [4.78, 5) is 4.26. The van der Waals surface area contributed by atoms with E-state index in [-0.39, 0.29) is 0 Å². The molecule has 2 rings (SSSR count). The Bertz CT molecular complexity index is 493. The molecule has 2 aromatic rings. The van der Waals surface area contributed by atoms with Crippen LogP contribution in [0.15, 0.2) is 41.3 Å². The molecule has 0 amide bonds. The van der Waals surface area contributed by atoms with Crippen molar-refractivity contribution >= 4 is 15.9 Å². The predicted octanol–water partition coefficient (Wildman–Crippen LogP) is 3.31. The van der Waals surface area contributed by atoms with E-state index in [1.54, 1.807) is 0 Å². The van der Waals surface area contributed by atoms with Crippen molar-refractivity contribution in [1.82, 2.24) is 14.9 Å². The van der Waals surface area contributed by atoms with Gasteiger partial charge in [0.05, 0.1) is 18.2 Å². The molecule has 18 heavy (non-hydrogen) atoms. The number of nitrogens with zero attached hydrogens (tertiary/aromatic N) is 2. The van der Waals surface area contributed by atoms with Gasteiger partial charge in [-0.3, -0.25) is 0 Å². The molecule has 0 bridgehead atoms. The lowest BCUT2D eigenvalue weighted by Crippen LogP contribution is -2.16. The summed E-state index contributed by atoms with van der Waals surface area (Å²) in [5.74, 6) is 0. The Morgan fingerprint density at radius 2 is 2.17 bits per heavy atom. The lowest BCUT2D eigenvalue weighted by molar-refractivity contribution is 0.595. The number of rotatable bonds is 6. The van der Waals surface area contributed by atoms with Crippen molar-refractivity contribution in [2.75, 3.05) is 13.1 Å². The van der Waals surface area contributed by atoms with Gasteiger partial charge in [0.25, 0.3) is 0 Å². The highest BCUT2D eigenvalue weighted by Gasteiger charge is 2.07. The van der Waals surface area contributed by atoms with E-state index in [0.717, 1.165) is 30.5 Å². The van der Waals surface area contributed by atoms with E-state index in [4.69, 9.17) is 0 Å². The van der Waals surface area contributed by atoms with Crippen LogP contribution in [0.1, 0.15) is 13.3 Å². The summed E-state index contributed by atoms with van der Waals surface area (Å²) < 4.78 is 3.32. The van der Waals surface area contributed by atoms with Crippen molar-refractivity contribution in [2.45, 2.75) is 19.9 Å². The summed E-state index contributed by atoms with van der Waals surface area (Å²) >= 11 is 3.59. The average molecular weight is 308 g/mol. The molecule has 4 heteroatoms. The minimum Gasteiger partial charge on any atom is -0.331 e. The SMILES string of the molecule is CCNCCCn1cncc1-c1ccccc1Br. The van der Waals surface area contributed by atoms with Gasteiger partial charge in [0.2, 0.25) is 0 Å². The Kier molecular flexibility index (Phi) is 4.96. The van der Waals surface area contributed by atoms with Crippen LogP contribution in [0.3, 0.4) is 0 Å². The van der Waals surface area contributed by atoms with Gasteiger partial charge in [-0.15, -0.1) is 0 Å². The topological polar surface area (TPSA) is 29.9 Å². The molecule has 0 spiro atoms. The molecule has 0 saturated heterocycles. The molecule has 0 unspecified atom stereocenters. The van der Waals surface area contributed by atoms with Gasteiger partial charge >= 0.3 is 0 Å². The Hall–Kier alpha value is -1.13. The second kappa shape index (κ2) is 6.71. The smallest absolute Gasteiger partial charge is 0.0950 e. The van der Waals surface area contributed by atoms with Crippen LogP contribution in [0.2, 0.25) is 0 Å². The van der Waals surface area contributed by atoms with Gasteiger partial charge < -0.3 is 9.88 Å². The third-order valence-corrected chi connectivity index (χ3v) is 3.56. The van der Waals surface area contributed by atoms with Crippen molar-refractivity contribution in [3.05, 3.63) is 41.3 Å². The maximum atomic E-state index is 4.26. The summed E-state index contributed by atoms with van der Waals surface area (Å²) in [6, 6.07) is 8.25. The number of hydrogen-bond donors (Lipinski definition) is 1. The zero-order valence-electron chi connectivity index (χ0n) is 10.6. The van der Waals surface area contributed by atoms with Crippen molar-refractivity contribution in [3.63, 3.8) is 0 Å². The largest absolute Gasteiger partial charge is 0.331 e.